The van der Waals surface area contributed by atoms with Gasteiger partial charge in [0.05, 0.1) is 37.2 Å². The highest BCUT2D eigenvalue weighted by molar-refractivity contribution is 5.90. The number of cyclic esters (lactones) is 1. The van der Waals surface area contributed by atoms with Gasteiger partial charge in [-0.25, -0.2) is 13.9 Å². The Kier molecular flexibility index (Phi) is 4.15. The highest BCUT2D eigenvalue weighted by Crippen LogP contribution is 2.28. The second kappa shape index (κ2) is 6.62. The van der Waals surface area contributed by atoms with E-state index in [0.29, 0.717) is 37.6 Å². The average Bonchev–Trinajstić information content (AvgIpc) is 3.26. The largest absolute Gasteiger partial charge is 0.442 e. The molecule has 4 rings (SSSR count). The van der Waals surface area contributed by atoms with Crippen molar-refractivity contribution in [2.75, 3.05) is 36.5 Å². The molecule has 0 aliphatic carbocycles. The van der Waals surface area contributed by atoms with E-state index in [9.17, 15) is 9.18 Å². The zero-order valence-corrected chi connectivity index (χ0v) is 14.2. The molecule has 0 spiro atoms. The van der Waals surface area contributed by atoms with E-state index in [4.69, 9.17) is 4.74 Å². The van der Waals surface area contributed by atoms with E-state index in [1.54, 1.807) is 45.5 Å². The van der Waals surface area contributed by atoms with Crippen LogP contribution in [0.15, 0.2) is 35.7 Å². The summed E-state index contributed by atoms with van der Waals surface area (Å²) in [5, 5.41) is 13.5. The summed E-state index contributed by atoms with van der Waals surface area (Å²) in [6, 6.07) is 4.71. The molecule has 1 unspecified atom stereocenters. The Hall–Kier alpha value is -3.17. The lowest BCUT2D eigenvalue weighted by molar-refractivity contribution is 0.129. The minimum Gasteiger partial charge on any atom is -0.442 e. The number of likely N-dealkylation sites (N-methyl/N-ethyl adjacent to an activating group) is 1. The third-order valence-electron chi connectivity index (χ3n) is 4.34. The number of ether oxygens (including phenoxy) is 1. The van der Waals surface area contributed by atoms with Crippen LogP contribution in [0.1, 0.15) is 0 Å². The quantitative estimate of drug-likeness (QED) is 0.815. The monoisotopic (exact) mass is 359 g/mol. The van der Waals surface area contributed by atoms with Gasteiger partial charge >= 0.3 is 6.09 Å². The summed E-state index contributed by atoms with van der Waals surface area (Å²) in [6.45, 7) is 2.08. The van der Waals surface area contributed by atoms with E-state index in [2.05, 4.69) is 15.4 Å². The second-order valence-electron chi connectivity index (χ2n) is 6.18. The van der Waals surface area contributed by atoms with Gasteiger partial charge < -0.3 is 9.64 Å². The fourth-order valence-electron chi connectivity index (χ4n) is 2.96. The van der Waals surface area contributed by atoms with Gasteiger partial charge in [-0.15, -0.1) is 5.10 Å². The number of nitrogens with zero attached hydrogens (tertiary/aromatic N) is 7. The lowest BCUT2D eigenvalue weighted by atomic mass is 10.2. The minimum atomic E-state index is -0.497. The number of halogens is 1. The van der Waals surface area contributed by atoms with Gasteiger partial charge in [0, 0.05) is 19.8 Å². The molecule has 2 aromatic rings. The molecule has 1 aromatic heterocycles. The average molecular weight is 359 g/mol. The van der Waals surface area contributed by atoms with Crippen LogP contribution in [-0.4, -0.2) is 65.2 Å². The third kappa shape index (κ3) is 3.17. The maximum atomic E-state index is 14.6. The lowest BCUT2D eigenvalue weighted by Gasteiger charge is -2.28. The molecule has 9 nitrogen and oxygen atoms in total. The first-order chi connectivity index (χ1) is 12.6. The number of hydrazone groups is 1. The normalized spacial score (nSPS) is 20.0. The maximum Gasteiger partial charge on any atom is 0.414 e. The lowest BCUT2D eigenvalue weighted by Crippen LogP contribution is -2.36. The van der Waals surface area contributed by atoms with E-state index in [1.807, 2.05) is 7.05 Å². The molecule has 0 radical (unpaired) electrons. The van der Waals surface area contributed by atoms with Crippen LogP contribution in [0.3, 0.4) is 0 Å². The number of benzene rings is 1. The molecule has 1 amide bonds. The van der Waals surface area contributed by atoms with Gasteiger partial charge in [0.1, 0.15) is 18.3 Å². The van der Waals surface area contributed by atoms with E-state index < -0.39 is 11.9 Å². The Bertz CT molecular complexity index is 826. The first-order valence-electron chi connectivity index (χ1n) is 8.24. The van der Waals surface area contributed by atoms with Crippen molar-refractivity contribution in [3.63, 3.8) is 0 Å². The standard InChI is InChI=1S/C16H18FN7O2/c1-21-6-7-22(11-19-21)15-3-2-12(8-14(15)17)24-10-13(26-16(24)25)9-23-5-4-18-20-23/h2-5,8,11,13H,6-7,9-10H2,1H3. The molecule has 3 heterocycles. The van der Waals surface area contributed by atoms with Gasteiger partial charge in [0.2, 0.25) is 0 Å². The van der Waals surface area contributed by atoms with Gasteiger partial charge in [-0.3, -0.25) is 9.91 Å². The summed E-state index contributed by atoms with van der Waals surface area (Å²) in [5.74, 6) is -0.411. The Morgan fingerprint density at radius 2 is 2.23 bits per heavy atom. The molecular weight excluding hydrogens is 341 g/mol. The summed E-state index contributed by atoms with van der Waals surface area (Å²) in [6.07, 6.45) is 3.99. The van der Waals surface area contributed by atoms with Crippen molar-refractivity contribution in [1.82, 2.24) is 20.0 Å². The van der Waals surface area contributed by atoms with Crippen LogP contribution in [0.2, 0.25) is 0 Å². The van der Waals surface area contributed by atoms with E-state index in [0.717, 1.165) is 0 Å². The highest BCUT2D eigenvalue weighted by Gasteiger charge is 2.33. The summed E-state index contributed by atoms with van der Waals surface area (Å²) >= 11 is 0. The molecule has 1 aromatic carbocycles. The second-order valence-corrected chi connectivity index (χ2v) is 6.18. The van der Waals surface area contributed by atoms with Crippen LogP contribution in [0, 0.1) is 5.82 Å². The zero-order valence-electron chi connectivity index (χ0n) is 14.2. The number of aromatic nitrogens is 3. The zero-order chi connectivity index (χ0) is 18.1. The predicted octanol–water partition coefficient (Wildman–Crippen LogP) is 1.14. The number of hydrogen-bond donors (Lipinski definition) is 0. The molecule has 2 aliphatic heterocycles. The number of hydrogen-bond acceptors (Lipinski definition) is 7. The Morgan fingerprint density at radius 1 is 1.35 bits per heavy atom. The first-order valence-corrected chi connectivity index (χ1v) is 8.24. The Labute approximate surface area is 149 Å². The summed E-state index contributed by atoms with van der Waals surface area (Å²) < 4.78 is 21.5. The summed E-state index contributed by atoms with van der Waals surface area (Å²) in [5.41, 5.74) is 0.890. The first kappa shape index (κ1) is 16.3. The van der Waals surface area contributed by atoms with Gasteiger partial charge in [0.25, 0.3) is 0 Å². The minimum absolute atomic E-state index is 0.327. The van der Waals surface area contributed by atoms with Crippen LogP contribution in [0.4, 0.5) is 20.6 Å². The number of rotatable bonds is 4. The molecule has 1 saturated heterocycles. The van der Waals surface area contributed by atoms with Crippen LogP contribution in [0.5, 0.6) is 0 Å². The van der Waals surface area contributed by atoms with Crippen molar-refractivity contribution < 1.29 is 13.9 Å². The number of carbonyl (C=O) groups excluding carboxylic acids is 1. The molecule has 0 saturated carbocycles. The van der Waals surface area contributed by atoms with Crippen molar-refractivity contribution in [2.45, 2.75) is 12.6 Å². The molecule has 1 fully saturated rings. The third-order valence-corrected chi connectivity index (χ3v) is 4.34. The van der Waals surface area contributed by atoms with Crippen molar-refractivity contribution in [1.29, 1.82) is 0 Å². The Balaban J connectivity index is 1.48. The molecular formula is C16H18FN7O2. The van der Waals surface area contributed by atoms with Crippen LogP contribution in [-0.2, 0) is 11.3 Å². The Morgan fingerprint density at radius 3 is 2.92 bits per heavy atom. The van der Waals surface area contributed by atoms with Crippen LogP contribution >= 0.6 is 0 Å². The maximum absolute atomic E-state index is 14.6. The van der Waals surface area contributed by atoms with Gasteiger partial charge in [-0.2, -0.15) is 5.10 Å². The predicted molar refractivity (Wildman–Crippen MR) is 92.5 cm³/mol. The van der Waals surface area contributed by atoms with E-state index >= 15 is 0 Å². The fourth-order valence-corrected chi connectivity index (χ4v) is 2.96. The van der Waals surface area contributed by atoms with Crippen LogP contribution < -0.4 is 9.80 Å². The highest BCUT2D eigenvalue weighted by atomic mass is 19.1. The molecule has 26 heavy (non-hydrogen) atoms. The topological polar surface area (TPSA) is 79.1 Å². The smallest absolute Gasteiger partial charge is 0.414 e. The van der Waals surface area contributed by atoms with Gasteiger partial charge in [-0.05, 0) is 18.2 Å². The molecule has 136 valence electrons. The summed E-state index contributed by atoms with van der Waals surface area (Å²) in [4.78, 5) is 15.3. The summed E-state index contributed by atoms with van der Waals surface area (Å²) in [7, 11) is 1.86. The SMILES string of the molecule is CN1CCN(c2ccc(N3CC(Cn4ccnn4)OC3=O)cc2F)C=N1. The molecule has 10 heteroatoms. The molecule has 1 atom stereocenters. The molecule has 2 aliphatic rings. The van der Waals surface area contributed by atoms with Crippen molar-refractivity contribution in [2.24, 2.45) is 5.10 Å². The van der Waals surface area contributed by atoms with Crippen molar-refractivity contribution in [3.8, 4) is 0 Å². The number of carbonyl (C=O) groups is 1. The molecule has 0 N–H and O–H groups in total. The van der Waals surface area contributed by atoms with Gasteiger partial charge in [0.15, 0.2) is 0 Å². The van der Waals surface area contributed by atoms with Crippen molar-refractivity contribution >= 4 is 23.8 Å². The number of amides is 1. The fraction of sp³-hybridized carbons (Fsp3) is 0.375. The van der Waals surface area contributed by atoms with E-state index in [1.165, 1.54) is 11.0 Å². The number of anilines is 2. The van der Waals surface area contributed by atoms with Gasteiger partial charge in [-0.1, -0.05) is 5.21 Å². The van der Waals surface area contributed by atoms with Crippen molar-refractivity contribution in [3.05, 3.63) is 36.4 Å². The van der Waals surface area contributed by atoms with Crippen LogP contribution in [0.25, 0.3) is 0 Å². The molecule has 0 bridgehead atoms. The van der Waals surface area contributed by atoms with E-state index in [-0.39, 0.29) is 6.10 Å².